The van der Waals surface area contributed by atoms with Crippen LogP contribution < -0.4 is 0 Å². The molecule has 0 radical (unpaired) electrons. The van der Waals surface area contributed by atoms with Crippen LogP contribution in [0.1, 0.15) is 51.8 Å². The Morgan fingerprint density at radius 3 is 0.460 bits per heavy atom. The first-order chi connectivity index (χ1) is 23.6. The van der Waals surface area contributed by atoms with Gasteiger partial charge in [-0.15, -0.1) is 0 Å². The Morgan fingerprint density at radius 2 is 0.380 bits per heavy atom. The summed E-state index contributed by atoms with van der Waals surface area (Å²) in [4.78, 5) is 51.3. The summed E-state index contributed by atoms with van der Waals surface area (Å²) in [6.45, 7) is 0. The van der Waals surface area contributed by atoms with Crippen LogP contribution in [0.3, 0.4) is 0 Å². The van der Waals surface area contributed by atoms with Gasteiger partial charge in [-0.3, -0.25) is 0 Å². The summed E-state index contributed by atoms with van der Waals surface area (Å²) >= 11 is 0. The van der Waals surface area contributed by atoms with Crippen molar-refractivity contribution < 1.29 is 75.0 Å². The van der Waals surface area contributed by atoms with Crippen LogP contribution in [0, 0.1) is 0 Å². The minimum absolute atomic E-state index is 0.0671. The van der Waals surface area contributed by atoms with E-state index in [4.69, 9.17) is 51.1 Å². The highest BCUT2D eigenvalue weighted by Crippen LogP contribution is 2.17. The quantitative estimate of drug-likeness (QED) is 0.110. The summed E-state index contributed by atoms with van der Waals surface area (Å²) < 4.78 is 0. The Hall–Kier alpha value is -7.55. The molecule has 0 amide bonds. The molecule has 0 aromatic heterocycles. The van der Waals surface area contributed by atoms with Gasteiger partial charge in [0.15, 0.2) is 0 Å². The van der Waals surface area contributed by atoms with Gasteiger partial charge in [0.1, 0.15) is 56.6 Å². The number of carbonyl (C=O) groups is 5. The van der Waals surface area contributed by atoms with E-state index < -0.39 is 29.8 Å². The highest BCUT2D eigenvalue weighted by molar-refractivity contribution is 5.92. The van der Waals surface area contributed by atoms with E-state index >= 15 is 0 Å². The van der Waals surface area contributed by atoms with Crippen molar-refractivity contribution in [1.82, 2.24) is 0 Å². The smallest absolute Gasteiger partial charge is 0.339 e. The first kappa shape index (κ1) is 40.5. The number of hydrogen-bond acceptors (Lipinski definition) is 10. The molecular weight excluding hydrogens is 660 g/mol. The van der Waals surface area contributed by atoms with E-state index in [1.54, 1.807) is 60.7 Å². The van der Waals surface area contributed by atoms with E-state index in [9.17, 15) is 24.0 Å². The molecule has 0 heterocycles. The standard InChI is InChI=1S/5C7H6O3/c5*8-6-4-2-1-3-5(6)7(9)10/h5*1-4,8H,(H,9,10). The second-order valence-corrected chi connectivity index (χ2v) is 9.11. The number of hydrogen-bond donors (Lipinski definition) is 10. The van der Waals surface area contributed by atoms with Crippen LogP contribution in [0.4, 0.5) is 0 Å². The maximum atomic E-state index is 10.3. The minimum atomic E-state index is -1.11. The highest BCUT2D eigenvalue weighted by atomic mass is 16.4. The summed E-state index contributed by atoms with van der Waals surface area (Å²) in [6.07, 6.45) is 0. The molecule has 5 rings (SSSR count). The Balaban J connectivity index is 0.000000312. The van der Waals surface area contributed by atoms with Gasteiger partial charge in [0.05, 0.1) is 0 Å². The minimum Gasteiger partial charge on any atom is -0.507 e. The zero-order valence-corrected chi connectivity index (χ0v) is 25.6. The second-order valence-electron chi connectivity index (χ2n) is 9.11. The Labute approximate surface area is 282 Å². The van der Waals surface area contributed by atoms with Crippen LogP contribution >= 0.6 is 0 Å². The molecule has 10 N–H and O–H groups in total. The van der Waals surface area contributed by atoms with Crippen molar-refractivity contribution in [3.05, 3.63) is 149 Å². The zero-order valence-electron chi connectivity index (χ0n) is 25.6. The van der Waals surface area contributed by atoms with Crippen LogP contribution in [0.15, 0.2) is 121 Å². The summed E-state index contributed by atoms with van der Waals surface area (Å²) in [7, 11) is 0. The Bertz CT molecular complexity index is 1600. The van der Waals surface area contributed by atoms with Gasteiger partial charge < -0.3 is 51.1 Å². The lowest BCUT2D eigenvalue weighted by atomic mass is 10.2. The van der Waals surface area contributed by atoms with E-state index in [1.807, 2.05) is 0 Å². The molecule has 0 atom stereocenters. The van der Waals surface area contributed by atoms with Crippen molar-refractivity contribution in [2.75, 3.05) is 0 Å². The first-order valence-corrected chi connectivity index (χ1v) is 13.6. The van der Waals surface area contributed by atoms with Crippen molar-refractivity contribution in [2.45, 2.75) is 0 Å². The maximum absolute atomic E-state index is 10.3. The van der Waals surface area contributed by atoms with E-state index in [1.165, 1.54) is 60.7 Å². The van der Waals surface area contributed by atoms with E-state index in [-0.39, 0.29) is 56.6 Å². The maximum Gasteiger partial charge on any atom is 0.339 e. The highest BCUT2D eigenvalue weighted by Gasteiger charge is 2.08. The van der Waals surface area contributed by atoms with Crippen LogP contribution in [0.25, 0.3) is 0 Å². The van der Waals surface area contributed by atoms with Gasteiger partial charge in [-0.1, -0.05) is 60.7 Å². The number of para-hydroxylation sites is 5. The van der Waals surface area contributed by atoms with Crippen LogP contribution in [0.2, 0.25) is 0 Å². The van der Waals surface area contributed by atoms with Crippen molar-refractivity contribution in [3.63, 3.8) is 0 Å². The van der Waals surface area contributed by atoms with Gasteiger partial charge in [0.2, 0.25) is 0 Å². The van der Waals surface area contributed by atoms with Gasteiger partial charge in [0.25, 0.3) is 0 Å². The molecule has 0 aliphatic carbocycles. The predicted octanol–water partition coefficient (Wildman–Crippen LogP) is 5.45. The molecule has 0 saturated carbocycles. The van der Waals surface area contributed by atoms with E-state index in [2.05, 4.69) is 0 Å². The third-order valence-electron chi connectivity index (χ3n) is 5.67. The summed E-state index contributed by atoms with van der Waals surface area (Å²) in [5, 5.41) is 86.5. The van der Waals surface area contributed by atoms with Gasteiger partial charge in [-0.2, -0.15) is 0 Å². The molecule has 0 aliphatic rings. The fraction of sp³-hybridized carbons (Fsp3) is 0. The van der Waals surface area contributed by atoms with E-state index in [0.29, 0.717) is 0 Å². The Morgan fingerprint density at radius 1 is 0.260 bits per heavy atom. The molecule has 50 heavy (non-hydrogen) atoms. The van der Waals surface area contributed by atoms with E-state index in [0.717, 1.165) is 0 Å². The van der Waals surface area contributed by atoms with Gasteiger partial charge in [-0.25, -0.2) is 24.0 Å². The summed E-state index contributed by atoms with van der Waals surface area (Å²) in [6, 6.07) is 29.1. The molecule has 0 aliphatic heterocycles. The van der Waals surface area contributed by atoms with Gasteiger partial charge in [-0.05, 0) is 60.7 Å². The molecule has 5 aromatic rings. The molecule has 5 aromatic carbocycles. The van der Waals surface area contributed by atoms with Crippen molar-refractivity contribution >= 4 is 29.8 Å². The molecule has 0 fully saturated rings. The molecule has 260 valence electrons. The molecule has 0 bridgehead atoms. The third kappa shape index (κ3) is 13.8. The number of carboxylic acid groups (broad SMARTS) is 5. The molecule has 0 saturated heterocycles. The lowest BCUT2D eigenvalue weighted by Crippen LogP contribution is -1.95. The largest absolute Gasteiger partial charge is 0.507 e. The number of aromatic carboxylic acids is 5. The second kappa shape index (κ2) is 20.5. The topological polar surface area (TPSA) is 288 Å². The van der Waals surface area contributed by atoms with Crippen LogP contribution in [-0.4, -0.2) is 80.9 Å². The lowest BCUT2D eigenvalue weighted by molar-refractivity contribution is 0.0682. The molecule has 0 unspecified atom stereocenters. The van der Waals surface area contributed by atoms with Crippen LogP contribution in [-0.2, 0) is 0 Å². The fourth-order valence-electron chi connectivity index (χ4n) is 3.27. The van der Waals surface area contributed by atoms with Crippen LogP contribution in [0.5, 0.6) is 28.7 Å². The predicted molar refractivity (Wildman–Crippen MR) is 175 cm³/mol. The molecule has 0 spiro atoms. The lowest BCUT2D eigenvalue weighted by Gasteiger charge is -1.95. The van der Waals surface area contributed by atoms with Crippen molar-refractivity contribution in [3.8, 4) is 28.7 Å². The van der Waals surface area contributed by atoms with Crippen molar-refractivity contribution in [2.24, 2.45) is 0 Å². The normalized spacial score (nSPS) is 9.20. The van der Waals surface area contributed by atoms with Gasteiger partial charge in [0, 0.05) is 0 Å². The third-order valence-corrected chi connectivity index (χ3v) is 5.67. The number of carboxylic acids is 5. The summed E-state index contributed by atoms with van der Waals surface area (Å²) in [5.41, 5.74) is -0.336. The molecule has 15 nitrogen and oxygen atoms in total. The first-order valence-electron chi connectivity index (χ1n) is 13.6. The SMILES string of the molecule is O=C(O)c1ccccc1O.O=C(O)c1ccccc1O.O=C(O)c1ccccc1O.O=C(O)c1ccccc1O.O=C(O)c1ccccc1O. The number of aromatic hydroxyl groups is 5. The number of rotatable bonds is 5. The van der Waals surface area contributed by atoms with Gasteiger partial charge >= 0.3 is 29.8 Å². The molecular formula is C35H30O15. The fourth-order valence-corrected chi connectivity index (χ4v) is 3.27. The zero-order chi connectivity index (χ0) is 37.8. The average Bonchev–Trinajstić information content (AvgIpc) is 3.06. The Kier molecular flexibility index (Phi) is 16.6. The number of benzene rings is 5. The average molecular weight is 691 g/mol. The monoisotopic (exact) mass is 690 g/mol. The summed E-state index contributed by atoms with van der Waals surface area (Å²) in [5.74, 6) is -6.56. The molecule has 15 heteroatoms. The van der Waals surface area contributed by atoms with Crippen molar-refractivity contribution in [1.29, 1.82) is 0 Å². The number of phenols is 5.